The maximum absolute atomic E-state index is 14.7. The molecular formula is C77H107N13O14. The molecular weight excluding hydrogens is 1330 g/mol. The average molecular weight is 1440 g/mol. The lowest BCUT2D eigenvalue weighted by molar-refractivity contribution is -0.134. The molecule has 1 saturated heterocycles. The Labute approximate surface area is 608 Å². The number of likely N-dealkylation sites (tertiary alicyclic amines) is 1. The molecule has 1 aromatic heterocycles. The number of carbonyl (C=O) groups is 7. The largest absolute Gasteiger partial charge is 0.444 e. The summed E-state index contributed by atoms with van der Waals surface area (Å²) in [5.41, 5.74) is 26.3. The SMILES string of the molecule is CN(CCOCCOCCOCCN(C)C(=O)[C@@H]1C[C@H](N=[N+]=[N-])CN1C(=O)c1ccc2c(=O)oc(=O)n(C)c2c1)C(=O)CCC12c3cc(NC(=O)CCCCCCCN)ccc3C(c3ccc(NC(=O)CCCCCCCN)cc31)c1ccc(NC(=O)CCCCCCCNC(=O)OC(C)(C)C)cc12. The van der Waals surface area contributed by atoms with Gasteiger partial charge in [0, 0.05) is 112 Å². The van der Waals surface area contributed by atoms with E-state index in [0.717, 1.165) is 128 Å². The van der Waals surface area contributed by atoms with Crippen LogP contribution in [0.2, 0.25) is 0 Å². The first kappa shape index (κ1) is 80.7. The number of benzene rings is 4. The van der Waals surface area contributed by atoms with Crippen LogP contribution in [0, 0.1) is 0 Å². The molecule has 3 aliphatic carbocycles. The number of hydrogen-bond donors (Lipinski definition) is 6. The third kappa shape index (κ3) is 22.3. The maximum atomic E-state index is 14.7. The fourth-order valence-corrected chi connectivity index (χ4v) is 14.1. The fourth-order valence-electron chi connectivity index (χ4n) is 14.1. The second-order valence-electron chi connectivity index (χ2n) is 28.4. The normalized spacial score (nSPS) is 16.2. The van der Waals surface area contributed by atoms with Gasteiger partial charge in [-0.05, 0) is 179 Å². The number of alkyl carbamates (subject to hydrolysis) is 1. The average Bonchev–Trinajstić information content (AvgIpc) is 0.748. The van der Waals surface area contributed by atoms with Crippen LogP contribution >= 0.6 is 0 Å². The Morgan fingerprint density at radius 1 is 0.625 bits per heavy atom. The van der Waals surface area contributed by atoms with Crippen molar-refractivity contribution in [2.75, 3.05) is 109 Å². The molecule has 0 radical (unpaired) electrons. The molecule has 1 fully saturated rings. The van der Waals surface area contributed by atoms with E-state index in [1.54, 1.807) is 19.0 Å². The number of azide groups is 1. The Hall–Kier alpha value is -8.98. The monoisotopic (exact) mass is 1440 g/mol. The van der Waals surface area contributed by atoms with Crippen LogP contribution < -0.4 is 44.1 Å². The Balaban J connectivity index is 0.890. The molecule has 4 aliphatic rings. The molecule has 2 bridgehead atoms. The highest BCUT2D eigenvalue weighted by molar-refractivity contribution is 6.01. The summed E-state index contributed by atoms with van der Waals surface area (Å²) in [6.07, 6.45) is 14.5. The van der Waals surface area contributed by atoms with Crippen LogP contribution in [0.15, 0.2) is 91.9 Å². The second-order valence-corrected chi connectivity index (χ2v) is 28.4. The van der Waals surface area contributed by atoms with Crippen molar-refractivity contribution >= 4 is 69.5 Å². The number of ether oxygens (including phenoxy) is 4. The summed E-state index contributed by atoms with van der Waals surface area (Å²) in [6.45, 7) is 9.04. The molecule has 7 amide bonds. The standard InChI is InChI=1S/C77H107N13O14/c1-76(2,3)104-74(98)81-37-21-15-9-12-18-24-68(93)84-55-28-32-59-63(49-55)77(61-47-53(82-66(91)22-16-10-7-13-19-35-78)26-30-57(61)70(59)58-31-27-54(48-62(58)77)83-67(92)23-17-11-8-14-20-36-79)34-33-69(94)87(4)38-40-100-42-44-102-45-43-101-41-39-88(5)72(96)65-50-56(85-86-80)51-90(65)71(95)52-25-29-60-64(46-52)89(6)75(99)103-73(60)97/h25-32,46-49,56,65,70H,7-24,33-45,50-51,78-79H2,1-6H3,(H,81,98)(H,82,91)(H,83,92)(H,84,93)/t56-,65-,70?,77?/m0/s1. The van der Waals surface area contributed by atoms with E-state index in [1.165, 1.54) is 35.0 Å². The van der Waals surface area contributed by atoms with Gasteiger partial charge in [0.05, 0.1) is 56.6 Å². The van der Waals surface area contributed by atoms with Crippen LogP contribution in [-0.2, 0) is 55.4 Å². The second kappa shape index (κ2) is 39.8. The maximum Gasteiger partial charge on any atom is 0.422 e. The van der Waals surface area contributed by atoms with Gasteiger partial charge in [0.25, 0.3) is 5.91 Å². The van der Waals surface area contributed by atoms with Gasteiger partial charge in [0.1, 0.15) is 11.6 Å². The molecule has 27 nitrogen and oxygen atoms in total. The molecule has 0 spiro atoms. The van der Waals surface area contributed by atoms with Crippen molar-refractivity contribution in [2.45, 2.75) is 185 Å². The van der Waals surface area contributed by atoms with E-state index in [0.29, 0.717) is 68.8 Å². The summed E-state index contributed by atoms with van der Waals surface area (Å²) in [5, 5.41) is 16.3. The number of nitrogens with two attached hydrogens (primary N) is 2. The molecule has 0 saturated carbocycles. The molecule has 8 N–H and O–H groups in total. The summed E-state index contributed by atoms with van der Waals surface area (Å²) in [5.74, 6) is -2.50. The van der Waals surface area contributed by atoms with Crippen molar-refractivity contribution in [3.8, 4) is 0 Å². The van der Waals surface area contributed by atoms with Crippen LogP contribution in [0.3, 0.4) is 0 Å². The molecule has 9 rings (SSSR count). The van der Waals surface area contributed by atoms with Gasteiger partial charge in [-0.1, -0.05) is 81.1 Å². The first-order valence-electron chi connectivity index (χ1n) is 37.0. The van der Waals surface area contributed by atoms with E-state index < -0.39 is 46.5 Å². The molecule has 0 unspecified atom stereocenters. The number of nitrogens with zero attached hydrogens (tertiary/aromatic N) is 7. The molecule has 4 aromatic carbocycles. The minimum Gasteiger partial charge on any atom is -0.444 e. The number of aromatic nitrogens is 1. The Bertz CT molecular complexity index is 3870. The Morgan fingerprint density at radius 2 is 1.10 bits per heavy atom. The molecule has 2 heterocycles. The summed E-state index contributed by atoms with van der Waals surface area (Å²) in [7, 11) is 4.74. The number of hydrogen-bond acceptors (Lipinski definition) is 17. The van der Waals surface area contributed by atoms with Crippen LogP contribution in [0.5, 0.6) is 0 Å². The minimum absolute atomic E-state index is 0.0148. The lowest BCUT2D eigenvalue weighted by Gasteiger charge is -2.51. The van der Waals surface area contributed by atoms with E-state index in [-0.39, 0.29) is 124 Å². The van der Waals surface area contributed by atoms with Gasteiger partial charge in [0.15, 0.2) is 0 Å². The van der Waals surface area contributed by atoms with Crippen LogP contribution in [-0.4, -0.2) is 171 Å². The van der Waals surface area contributed by atoms with Crippen molar-refractivity contribution in [1.82, 2.24) is 24.6 Å². The lowest BCUT2D eigenvalue weighted by atomic mass is 9.51. The highest BCUT2D eigenvalue weighted by Crippen LogP contribution is 2.62. The lowest BCUT2D eigenvalue weighted by Crippen LogP contribution is -2.47. The minimum atomic E-state index is -1.00. The van der Waals surface area contributed by atoms with Crippen molar-refractivity contribution < 1.29 is 56.9 Å². The zero-order valence-corrected chi connectivity index (χ0v) is 61.5. The highest BCUT2D eigenvalue weighted by Gasteiger charge is 2.52. The molecule has 564 valence electrons. The topological polar surface area (TPSA) is 367 Å². The van der Waals surface area contributed by atoms with Crippen molar-refractivity contribution in [3.05, 3.63) is 143 Å². The van der Waals surface area contributed by atoms with Gasteiger partial charge in [-0.25, -0.2) is 14.4 Å². The van der Waals surface area contributed by atoms with Gasteiger partial charge < -0.3 is 70.8 Å². The van der Waals surface area contributed by atoms with E-state index in [4.69, 9.17) is 34.8 Å². The van der Waals surface area contributed by atoms with Crippen molar-refractivity contribution in [2.24, 2.45) is 23.6 Å². The van der Waals surface area contributed by atoms with E-state index in [2.05, 4.69) is 61.6 Å². The van der Waals surface area contributed by atoms with Gasteiger partial charge >= 0.3 is 17.5 Å². The zero-order chi connectivity index (χ0) is 74.8. The summed E-state index contributed by atoms with van der Waals surface area (Å²) >= 11 is 0. The van der Waals surface area contributed by atoms with E-state index in [1.807, 2.05) is 45.0 Å². The smallest absolute Gasteiger partial charge is 0.422 e. The predicted molar refractivity (Wildman–Crippen MR) is 399 cm³/mol. The third-order valence-corrected chi connectivity index (χ3v) is 19.5. The van der Waals surface area contributed by atoms with Gasteiger partial charge in [-0.15, -0.1) is 0 Å². The van der Waals surface area contributed by atoms with Crippen molar-refractivity contribution in [1.29, 1.82) is 0 Å². The Kier molecular flexibility index (Phi) is 30.9. The summed E-state index contributed by atoms with van der Waals surface area (Å²) in [6, 6.07) is 20.8. The molecule has 1 aliphatic heterocycles. The zero-order valence-electron chi connectivity index (χ0n) is 61.5. The molecule has 27 heteroatoms. The number of unbranched alkanes of at least 4 members (excludes halogenated alkanes) is 12. The van der Waals surface area contributed by atoms with Gasteiger partial charge in [-0.3, -0.25) is 33.3 Å². The number of carbonyl (C=O) groups excluding carboxylic acids is 7. The molecule has 104 heavy (non-hydrogen) atoms. The quantitative estimate of drug-likeness (QED) is 0.00914. The summed E-state index contributed by atoms with van der Waals surface area (Å²) < 4.78 is 28.7. The first-order chi connectivity index (χ1) is 50.1. The number of nitrogens with one attached hydrogen (secondary N) is 4. The molecule has 2 atom stereocenters. The predicted octanol–water partition coefficient (Wildman–Crippen LogP) is 10.3. The van der Waals surface area contributed by atoms with E-state index in [9.17, 15) is 48.7 Å². The highest BCUT2D eigenvalue weighted by atomic mass is 16.6. The number of anilines is 3. The van der Waals surface area contributed by atoms with Gasteiger partial charge in [-0.2, -0.15) is 0 Å². The first-order valence-corrected chi connectivity index (χ1v) is 37.0. The number of fused-ring (bicyclic) bond motifs is 1. The fraction of sp³-hybridized carbons (Fsp3) is 0.571. The Morgan fingerprint density at radius 3 is 1.59 bits per heavy atom. The number of aryl methyl sites for hydroxylation is 1. The van der Waals surface area contributed by atoms with Gasteiger partial charge in [0.2, 0.25) is 29.5 Å². The van der Waals surface area contributed by atoms with Crippen molar-refractivity contribution in [3.63, 3.8) is 0 Å². The van der Waals surface area contributed by atoms with Crippen LogP contribution in [0.25, 0.3) is 21.3 Å². The number of amides is 7. The molecule has 5 aromatic rings. The number of likely N-dealkylation sites (N-methyl/N-ethyl adjacent to an activating group) is 2. The summed E-state index contributed by atoms with van der Waals surface area (Å²) in [4.78, 5) is 128. The third-order valence-electron chi connectivity index (χ3n) is 19.5. The van der Waals surface area contributed by atoms with E-state index >= 15 is 0 Å². The number of rotatable bonds is 43. The van der Waals surface area contributed by atoms with Crippen LogP contribution in [0.1, 0.15) is 205 Å². The van der Waals surface area contributed by atoms with Crippen LogP contribution in [0.4, 0.5) is 21.9 Å².